The van der Waals surface area contributed by atoms with E-state index < -0.39 is 6.04 Å². The number of carbonyl (C=O) groups is 2. The van der Waals surface area contributed by atoms with E-state index in [0.29, 0.717) is 15.7 Å². The summed E-state index contributed by atoms with van der Waals surface area (Å²) >= 11 is 15.5. The van der Waals surface area contributed by atoms with E-state index in [9.17, 15) is 9.59 Å². The maximum absolute atomic E-state index is 12.2. The van der Waals surface area contributed by atoms with Crippen molar-refractivity contribution in [1.29, 1.82) is 0 Å². The molecule has 0 aliphatic carbocycles. The predicted molar refractivity (Wildman–Crippen MR) is 83.2 cm³/mol. The SMILES string of the molecule is CC(C)N1C(=O)CC(Nc2c(Cl)cc(Br)cc2Cl)C1=O. The molecule has 7 heteroatoms. The summed E-state index contributed by atoms with van der Waals surface area (Å²) < 4.78 is 0.746. The minimum Gasteiger partial charge on any atom is -0.371 e. The van der Waals surface area contributed by atoms with Crippen molar-refractivity contribution in [3.63, 3.8) is 0 Å². The molecule has 4 nitrogen and oxygen atoms in total. The molecule has 1 heterocycles. The Morgan fingerprint density at radius 2 is 1.85 bits per heavy atom. The Bertz CT molecular complexity index is 554. The van der Waals surface area contributed by atoms with E-state index in [1.165, 1.54) is 4.90 Å². The lowest BCUT2D eigenvalue weighted by atomic mass is 10.2. The predicted octanol–water partition coefficient (Wildman–Crippen LogP) is 3.70. The summed E-state index contributed by atoms with van der Waals surface area (Å²) in [6.45, 7) is 3.61. The van der Waals surface area contributed by atoms with Crippen LogP contribution < -0.4 is 5.32 Å². The van der Waals surface area contributed by atoms with Gasteiger partial charge in [-0.3, -0.25) is 14.5 Å². The van der Waals surface area contributed by atoms with Crippen LogP contribution in [0.25, 0.3) is 0 Å². The molecule has 1 aliphatic heterocycles. The van der Waals surface area contributed by atoms with E-state index >= 15 is 0 Å². The van der Waals surface area contributed by atoms with Gasteiger partial charge in [-0.1, -0.05) is 39.1 Å². The molecule has 0 spiro atoms. The Hall–Kier alpha value is -0.780. The third-order valence-corrected chi connectivity index (χ3v) is 4.08. The molecule has 1 aromatic carbocycles. The maximum atomic E-state index is 12.2. The van der Waals surface area contributed by atoms with Gasteiger partial charge in [-0.15, -0.1) is 0 Å². The molecule has 20 heavy (non-hydrogen) atoms. The van der Waals surface area contributed by atoms with Crippen molar-refractivity contribution in [2.75, 3.05) is 5.32 Å². The number of amides is 2. The van der Waals surface area contributed by atoms with Crippen LogP contribution in [0, 0.1) is 0 Å². The number of nitrogens with one attached hydrogen (secondary N) is 1. The highest BCUT2D eigenvalue weighted by Gasteiger charge is 2.40. The Morgan fingerprint density at radius 1 is 1.30 bits per heavy atom. The second-order valence-electron chi connectivity index (χ2n) is 4.84. The number of halogens is 3. The summed E-state index contributed by atoms with van der Waals surface area (Å²) in [5.74, 6) is -0.438. The monoisotopic (exact) mass is 378 g/mol. The van der Waals surface area contributed by atoms with Gasteiger partial charge in [0.2, 0.25) is 5.91 Å². The summed E-state index contributed by atoms with van der Waals surface area (Å²) in [5, 5.41) is 3.76. The maximum Gasteiger partial charge on any atom is 0.252 e. The number of imide groups is 1. The van der Waals surface area contributed by atoms with Gasteiger partial charge in [0, 0.05) is 10.5 Å². The highest BCUT2D eigenvalue weighted by atomic mass is 79.9. The molecule has 0 aromatic heterocycles. The van der Waals surface area contributed by atoms with Crippen LogP contribution in [0.1, 0.15) is 20.3 Å². The minimum atomic E-state index is -0.624. The minimum absolute atomic E-state index is 0.111. The fraction of sp³-hybridized carbons (Fsp3) is 0.385. The molecule has 0 bridgehead atoms. The first-order chi connectivity index (χ1) is 9.31. The van der Waals surface area contributed by atoms with Gasteiger partial charge >= 0.3 is 0 Å². The van der Waals surface area contributed by atoms with Gasteiger partial charge in [0.25, 0.3) is 5.91 Å². The van der Waals surface area contributed by atoms with Crippen LogP contribution in [-0.2, 0) is 9.59 Å². The number of carbonyl (C=O) groups excluding carboxylic acids is 2. The lowest BCUT2D eigenvalue weighted by molar-refractivity contribution is -0.140. The summed E-state index contributed by atoms with van der Waals surface area (Å²) in [6, 6.07) is 2.58. The zero-order valence-corrected chi connectivity index (χ0v) is 14.0. The zero-order valence-electron chi connectivity index (χ0n) is 10.9. The summed E-state index contributed by atoms with van der Waals surface area (Å²) in [4.78, 5) is 25.3. The Balaban J connectivity index is 2.24. The third kappa shape index (κ3) is 2.95. The highest BCUT2D eigenvalue weighted by molar-refractivity contribution is 9.10. The van der Waals surface area contributed by atoms with E-state index in [-0.39, 0.29) is 24.3 Å². The van der Waals surface area contributed by atoms with Crippen molar-refractivity contribution in [2.45, 2.75) is 32.4 Å². The standard InChI is InChI=1S/C13H13BrCl2N2O2/c1-6(2)18-11(19)5-10(13(18)20)17-12-8(15)3-7(14)4-9(12)16/h3-4,6,10,17H,5H2,1-2H3. The van der Waals surface area contributed by atoms with Crippen molar-refractivity contribution < 1.29 is 9.59 Å². The fourth-order valence-electron chi connectivity index (χ4n) is 2.16. The molecule has 0 radical (unpaired) electrons. The van der Waals surface area contributed by atoms with E-state index in [1.54, 1.807) is 26.0 Å². The Kier molecular flexibility index (Phi) is 4.62. The second-order valence-corrected chi connectivity index (χ2v) is 6.57. The lowest BCUT2D eigenvalue weighted by Gasteiger charge is -2.20. The van der Waals surface area contributed by atoms with Gasteiger partial charge in [-0.2, -0.15) is 0 Å². The van der Waals surface area contributed by atoms with Gasteiger partial charge in [-0.25, -0.2) is 0 Å². The molecule has 1 unspecified atom stereocenters. The molecule has 1 saturated heterocycles. The van der Waals surface area contributed by atoms with Crippen molar-refractivity contribution in [2.24, 2.45) is 0 Å². The lowest BCUT2D eigenvalue weighted by Crippen LogP contribution is -2.39. The third-order valence-electron chi connectivity index (χ3n) is 3.02. The van der Waals surface area contributed by atoms with Crippen molar-refractivity contribution in [1.82, 2.24) is 4.90 Å². The summed E-state index contributed by atoms with van der Waals surface area (Å²) in [5.41, 5.74) is 0.466. The van der Waals surface area contributed by atoms with Crippen LogP contribution in [0.15, 0.2) is 16.6 Å². The Labute approximate surface area is 135 Å². The Morgan fingerprint density at radius 3 is 2.30 bits per heavy atom. The number of rotatable bonds is 3. The van der Waals surface area contributed by atoms with Crippen molar-refractivity contribution in [3.05, 3.63) is 26.7 Å². The van der Waals surface area contributed by atoms with Gasteiger partial charge in [0.15, 0.2) is 0 Å². The molecule has 1 aliphatic rings. The van der Waals surface area contributed by atoms with E-state index in [0.717, 1.165) is 4.47 Å². The molecule has 108 valence electrons. The van der Waals surface area contributed by atoms with Crippen LogP contribution in [0.4, 0.5) is 5.69 Å². The van der Waals surface area contributed by atoms with E-state index in [2.05, 4.69) is 21.2 Å². The van der Waals surface area contributed by atoms with Crippen LogP contribution >= 0.6 is 39.1 Å². The number of hydrogen-bond acceptors (Lipinski definition) is 3. The molecule has 2 rings (SSSR count). The normalized spacial score (nSPS) is 19.1. The van der Waals surface area contributed by atoms with Gasteiger partial charge in [0.05, 0.1) is 22.2 Å². The first-order valence-corrected chi connectivity index (χ1v) is 7.63. The molecular weight excluding hydrogens is 367 g/mol. The number of likely N-dealkylation sites (tertiary alicyclic amines) is 1. The van der Waals surface area contributed by atoms with Gasteiger partial charge in [-0.05, 0) is 26.0 Å². The van der Waals surface area contributed by atoms with Crippen LogP contribution in [0.5, 0.6) is 0 Å². The number of nitrogens with zero attached hydrogens (tertiary/aromatic N) is 1. The summed E-state index contributed by atoms with van der Waals surface area (Å²) in [7, 11) is 0. The first kappa shape index (κ1) is 15.6. The molecule has 1 fully saturated rings. The average Bonchev–Trinajstić information content (AvgIpc) is 2.58. The summed E-state index contributed by atoms with van der Waals surface area (Å²) in [6.07, 6.45) is 0.111. The van der Waals surface area contributed by atoms with Gasteiger partial charge < -0.3 is 5.32 Å². The largest absolute Gasteiger partial charge is 0.371 e. The molecule has 1 aromatic rings. The van der Waals surface area contributed by atoms with Gasteiger partial charge in [0.1, 0.15) is 6.04 Å². The quantitative estimate of drug-likeness (QED) is 0.814. The number of benzene rings is 1. The molecule has 2 amide bonds. The fourth-order valence-corrected chi connectivity index (χ4v) is 3.48. The number of anilines is 1. The van der Waals surface area contributed by atoms with Crippen molar-refractivity contribution in [3.8, 4) is 0 Å². The molecular formula is C13H13BrCl2N2O2. The van der Waals surface area contributed by atoms with Crippen molar-refractivity contribution >= 4 is 56.6 Å². The topological polar surface area (TPSA) is 49.4 Å². The smallest absolute Gasteiger partial charge is 0.252 e. The van der Waals surface area contributed by atoms with Crippen LogP contribution in [0.2, 0.25) is 10.0 Å². The van der Waals surface area contributed by atoms with Crippen LogP contribution in [0.3, 0.4) is 0 Å². The highest BCUT2D eigenvalue weighted by Crippen LogP contribution is 2.35. The molecule has 1 atom stereocenters. The zero-order chi connectivity index (χ0) is 15.0. The van der Waals surface area contributed by atoms with E-state index in [1.807, 2.05) is 0 Å². The molecule has 1 N–H and O–H groups in total. The number of hydrogen-bond donors (Lipinski definition) is 1. The van der Waals surface area contributed by atoms with Crippen LogP contribution in [-0.4, -0.2) is 28.8 Å². The first-order valence-electron chi connectivity index (χ1n) is 6.08. The second kappa shape index (κ2) is 5.92. The molecule has 0 saturated carbocycles. The average molecular weight is 380 g/mol. The van der Waals surface area contributed by atoms with E-state index in [4.69, 9.17) is 23.2 Å².